The number of hydrogen-bond acceptors (Lipinski definition) is 4. The van der Waals surface area contributed by atoms with E-state index in [0.717, 1.165) is 31.6 Å². The number of aliphatic hydroxyl groups is 1. The van der Waals surface area contributed by atoms with Crippen LogP contribution in [-0.2, 0) is 0 Å². The van der Waals surface area contributed by atoms with Gasteiger partial charge in [-0.2, -0.15) is 0 Å². The summed E-state index contributed by atoms with van der Waals surface area (Å²) in [5.41, 5.74) is 1.77. The van der Waals surface area contributed by atoms with Gasteiger partial charge >= 0.3 is 0 Å². The van der Waals surface area contributed by atoms with E-state index in [2.05, 4.69) is 4.90 Å². The molecule has 1 N–H and O–H groups in total. The van der Waals surface area contributed by atoms with Gasteiger partial charge in [-0.15, -0.1) is 0 Å². The number of anilines is 1. The van der Waals surface area contributed by atoms with Crippen LogP contribution in [0.5, 0.6) is 0 Å². The standard InChI is InChI=1S/C13H18N2O3/c1-10-2-3-12(8-13(10)15(17)18)14-6-4-11(9-16)5-7-14/h2-3,8,11,16H,4-7,9H2,1H3. The molecule has 0 aromatic heterocycles. The van der Waals surface area contributed by atoms with Crippen molar-refractivity contribution in [1.29, 1.82) is 0 Å². The summed E-state index contributed by atoms with van der Waals surface area (Å²) in [5.74, 6) is 0.377. The Kier molecular flexibility index (Phi) is 3.81. The third kappa shape index (κ3) is 2.61. The number of nitro groups is 1. The van der Waals surface area contributed by atoms with Gasteiger partial charge in [-0.05, 0) is 31.7 Å². The topological polar surface area (TPSA) is 66.6 Å². The second-order valence-corrected chi connectivity index (χ2v) is 4.84. The molecule has 0 unspecified atom stereocenters. The zero-order chi connectivity index (χ0) is 13.1. The molecule has 0 aliphatic carbocycles. The number of aliphatic hydroxyl groups excluding tert-OH is 1. The van der Waals surface area contributed by atoms with E-state index in [9.17, 15) is 10.1 Å². The molecule has 1 heterocycles. The molecule has 1 saturated heterocycles. The van der Waals surface area contributed by atoms with Gasteiger partial charge in [0.2, 0.25) is 0 Å². The van der Waals surface area contributed by atoms with E-state index in [1.165, 1.54) is 0 Å². The van der Waals surface area contributed by atoms with Crippen molar-refractivity contribution in [3.63, 3.8) is 0 Å². The average molecular weight is 250 g/mol. The maximum Gasteiger partial charge on any atom is 0.274 e. The molecule has 1 aliphatic heterocycles. The Morgan fingerprint density at radius 2 is 2.11 bits per heavy atom. The first-order valence-corrected chi connectivity index (χ1v) is 6.22. The van der Waals surface area contributed by atoms with Gasteiger partial charge in [-0.1, -0.05) is 6.07 Å². The van der Waals surface area contributed by atoms with Gasteiger partial charge in [-0.25, -0.2) is 0 Å². The van der Waals surface area contributed by atoms with E-state index in [0.29, 0.717) is 11.5 Å². The van der Waals surface area contributed by atoms with E-state index in [1.807, 2.05) is 6.07 Å². The number of nitro benzene ring substituents is 1. The van der Waals surface area contributed by atoms with Crippen LogP contribution in [0.1, 0.15) is 18.4 Å². The summed E-state index contributed by atoms with van der Waals surface area (Å²) in [4.78, 5) is 12.7. The molecule has 0 saturated carbocycles. The molecule has 0 atom stereocenters. The van der Waals surface area contributed by atoms with Gasteiger partial charge in [-0.3, -0.25) is 10.1 Å². The second-order valence-electron chi connectivity index (χ2n) is 4.84. The van der Waals surface area contributed by atoms with E-state index >= 15 is 0 Å². The van der Waals surface area contributed by atoms with E-state index < -0.39 is 0 Å². The van der Waals surface area contributed by atoms with Crippen LogP contribution < -0.4 is 4.90 Å². The molecule has 5 heteroatoms. The fraction of sp³-hybridized carbons (Fsp3) is 0.538. The van der Waals surface area contributed by atoms with E-state index in [-0.39, 0.29) is 17.2 Å². The second kappa shape index (κ2) is 5.35. The third-order valence-corrected chi connectivity index (χ3v) is 3.63. The van der Waals surface area contributed by atoms with Crippen LogP contribution in [0.2, 0.25) is 0 Å². The number of nitrogens with zero attached hydrogens (tertiary/aromatic N) is 2. The van der Waals surface area contributed by atoms with Gasteiger partial charge in [0.25, 0.3) is 5.69 Å². The molecular weight excluding hydrogens is 232 g/mol. The Bertz CT molecular complexity index is 440. The van der Waals surface area contributed by atoms with Crippen LogP contribution in [0, 0.1) is 23.0 Å². The van der Waals surface area contributed by atoms with Crippen LogP contribution in [0.25, 0.3) is 0 Å². The van der Waals surface area contributed by atoms with E-state index in [4.69, 9.17) is 5.11 Å². The highest BCUT2D eigenvalue weighted by Crippen LogP contribution is 2.28. The molecular formula is C13H18N2O3. The lowest BCUT2D eigenvalue weighted by molar-refractivity contribution is -0.385. The summed E-state index contributed by atoms with van der Waals surface area (Å²) in [6, 6.07) is 5.38. The first-order valence-electron chi connectivity index (χ1n) is 6.22. The van der Waals surface area contributed by atoms with Gasteiger partial charge in [0.05, 0.1) is 4.92 Å². The first kappa shape index (κ1) is 12.8. The van der Waals surface area contributed by atoms with Crippen molar-refractivity contribution in [1.82, 2.24) is 0 Å². The number of rotatable bonds is 3. The summed E-state index contributed by atoms with van der Waals surface area (Å²) in [7, 11) is 0. The van der Waals surface area contributed by atoms with Crippen molar-refractivity contribution in [2.75, 3.05) is 24.6 Å². The maximum atomic E-state index is 10.9. The van der Waals surface area contributed by atoms with Crippen LogP contribution in [0.4, 0.5) is 11.4 Å². The number of aryl methyl sites for hydroxylation is 1. The molecule has 0 bridgehead atoms. The Morgan fingerprint density at radius 1 is 1.44 bits per heavy atom. The lowest BCUT2D eigenvalue weighted by Gasteiger charge is -2.32. The number of hydrogen-bond donors (Lipinski definition) is 1. The fourth-order valence-electron chi connectivity index (χ4n) is 2.36. The molecule has 18 heavy (non-hydrogen) atoms. The smallest absolute Gasteiger partial charge is 0.274 e. The van der Waals surface area contributed by atoms with Crippen molar-refractivity contribution >= 4 is 11.4 Å². The van der Waals surface area contributed by atoms with Crippen LogP contribution in [0.15, 0.2) is 18.2 Å². The lowest BCUT2D eigenvalue weighted by atomic mass is 9.97. The monoisotopic (exact) mass is 250 g/mol. The van der Waals surface area contributed by atoms with Crippen molar-refractivity contribution in [2.45, 2.75) is 19.8 Å². The van der Waals surface area contributed by atoms with Gasteiger partial charge in [0, 0.05) is 37.0 Å². The quantitative estimate of drug-likeness (QED) is 0.659. The summed E-state index contributed by atoms with van der Waals surface area (Å²) in [6.07, 6.45) is 1.89. The molecule has 0 radical (unpaired) electrons. The Balaban J connectivity index is 2.15. The average Bonchev–Trinajstić information content (AvgIpc) is 2.39. The highest BCUT2D eigenvalue weighted by atomic mass is 16.6. The van der Waals surface area contributed by atoms with Crippen molar-refractivity contribution in [3.05, 3.63) is 33.9 Å². The molecule has 0 spiro atoms. The third-order valence-electron chi connectivity index (χ3n) is 3.63. The van der Waals surface area contributed by atoms with Gasteiger partial charge in [0.1, 0.15) is 0 Å². The fourth-order valence-corrected chi connectivity index (χ4v) is 2.36. The van der Waals surface area contributed by atoms with Crippen LogP contribution in [-0.4, -0.2) is 29.7 Å². The molecule has 5 nitrogen and oxygen atoms in total. The van der Waals surface area contributed by atoms with Crippen LogP contribution >= 0.6 is 0 Å². The van der Waals surface area contributed by atoms with Crippen LogP contribution in [0.3, 0.4) is 0 Å². The van der Waals surface area contributed by atoms with Crippen molar-refractivity contribution in [2.24, 2.45) is 5.92 Å². The summed E-state index contributed by atoms with van der Waals surface area (Å²) in [6.45, 7) is 3.69. The molecule has 1 aliphatic rings. The van der Waals surface area contributed by atoms with Crippen molar-refractivity contribution in [3.8, 4) is 0 Å². The molecule has 1 fully saturated rings. The summed E-state index contributed by atoms with van der Waals surface area (Å²) >= 11 is 0. The SMILES string of the molecule is Cc1ccc(N2CCC(CO)CC2)cc1[N+](=O)[O-]. The Hall–Kier alpha value is -1.62. The molecule has 2 rings (SSSR count). The Morgan fingerprint density at radius 3 is 2.67 bits per heavy atom. The molecule has 1 aromatic carbocycles. The number of benzene rings is 1. The van der Waals surface area contributed by atoms with Gasteiger partial charge < -0.3 is 10.0 Å². The predicted molar refractivity (Wildman–Crippen MR) is 69.9 cm³/mol. The predicted octanol–water partition coefficient (Wildman–Crippen LogP) is 2.11. The highest BCUT2D eigenvalue weighted by Gasteiger charge is 2.20. The largest absolute Gasteiger partial charge is 0.396 e. The molecule has 98 valence electrons. The minimum absolute atomic E-state index is 0.178. The Labute approximate surface area is 106 Å². The maximum absolute atomic E-state index is 10.9. The minimum Gasteiger partial charge on any atom is -0.396 e. The molecule has 0 amide bonds. The van der Waals surface area contributed by atoms with E-state index in [1.54, 1.807) is 19.1 Å². The minimum atomic E-state index is -0.334. The first-order chi connectivity index (χ1) is 8.61. The highest BCUT2D eigenvalue weighted by molar-refractivity contribution is 5.56. The number of piperidine rings is 1. The van der Waals surface area contributed by atoms with Gasteiger partial charge in [0.15, 0.2) is 0 Å². The summed E-state index contributed by atoms with van der Waals surface area (Å²) in [5, 5.41) is 20.0. The zero-order valence-corrected chi connectivity index (χ0v) is 10.5. The molecule has 1 aromatic rings. The zero-order valence-electron chi connectivity index (χ0n) is 10.5. The normalized spacial score (nSPS) is 16.9. The summed E-state index contributed by atoms with van der Waals surface area (Å²) < 4.78 is 0. The lowest BCUT2D eigenvalue weighted by Crippen LogP contribution is -2.34. The van der Waals surface area contributed by atoms with Crippen molar-refractivity contribution < 1.29 is 10.0 Å².